The molecule has 2 aromatic heterocycles. The molecule has 0 saturated heterocycles. The second-order valence-corrected chi connectivity index (χ2v) is 5.92. The van der Waals surface area contributed by atoms with Gasteiger partial charge in [0.05, 0.1) is 24.8 Å². The average Bonchev–Trinajstić information content (AvgIpc) is 3.22. The van der Waals surface area contributed by atoms with Crippen LogP contribution in [0.2, 0.25) is 0 Å². The van der Waals surface area contributed by atoms with Gasteiger partial charge in [0.25, 0.3) is 0 Å². The number of hydrogen-bond acceptors (Lipinski definition) is 4. The highest BCUT2D eigenvalue weighted by atomic mass is 16.5. The number of aryl methyl sites for hydroxylation is 1. The Morgan fingerprint density at radius 1 is 1.12 bits per heavy atom. The third-order valence-corrected chi connectivity index (χ3v) is 4.24. The number of H-pyrrole nitrogens is 1. The summed E-state index contributed by atoms with van der Waals surface area (Å²) in [6.07, 6.45) is 0. The van der Waals surface area contributed by atoms with Gasteiger partial charge in [-0.05, 0) is 19.1 Å². The Hall–Kier alpha value is -3.28. The van der Waals surface area contributed by atoms with Gasteiger partial charge < -0.3 is 14.5 Å². The van der Waals surface area contributed by atoms with E-state index in [9.17, 15) is 0 Å². The van der Waals surface area contributed by atoms with Crippen LogP contribution >= 0.6 is 0 Å². The number of rotatable bonds is 5. The van der Waals surface area contributed by atoms with Crippen LogP contribution in [0.15, 0.2) is 48.5 Å². The van der Waals surface area contributed by atoms with Gasteiger partial charge in [0.15, 0.2) is 11.6 Å². The monoisotopic (exact) mass is 348 g/mol. The molecule has 4 rings (SSSR count). The number of nitrogens with one attached hydrogen (secondary N) is 1. The van der Waals surface area contributed by atoms with Crippen molar-refractivity contribution >= 4 is 11.0 Å². The maximum Gasteiger partial charge on any atom is 0.175 e. The zero-order valence-corrected chi connectivity index (χ0v) is 15.0. The molecule has 0 aliphatic heterocycles. The minimum atomic E-state index is 0.627. The highest BCUT2D eigenvalue weighted by Gasteiger charge is 2.22. The average molecular weight is 348 g/mol. The molecule has 0 fully saturated rings. The zero-order chi connectivity index (χ0) is 18.1. The number of ether oxygens (including phenoxy) is 2. The molecule has 26 heavy (non-hydrogen) atoms. The molecule has 0 unspecified atom stereocenters. The van der Waals surface area contributed by atoms with Crippen LogP contribution in [0.25, 0.3) is 33.8 Å². The summed E-state index contributed by atoms with van der Waals surface area (Å²) in [6.45, 7) is 2.59. The fourth-order valence-corrected chi connectivity index (χ4v) is 3.10. The lowest BCUT2D eigenvalue weighted by molar-refractivity contribution is 0.340. The lowest BCUT2D eigenvalue weighted by atomic mass is 10.1. The summed E-state index contributed by atoms with van der Waals surface area (Å²) in [6, 6.07) is 15.8. The van der Waals surface area contributed by atoms with Crippen LogP contribution in [0.5, 0.6) is 11.5 Å². The van der Waals surface area contributed by atoms with Crippen LogP contribution in [-0.4, -0.2) is 33.5 Å². The van der Waals surface area contributed by atoms with E-state index in [1.807, 2.05) is 62.5 Å². The topological polar surface area (TPSA) is 65.0 Å². The number of nitrogens with zero attached hydrogens (tertiary/aromatic N) is 3. The van der Waals surface area contributed by atoms with E-state index in [4.69, 9.17) is 14.5 Å². The Labute approximate surface area is 151 Å². The van der Waals surface area contributed by atoms with Crippen LogP contribution in [0, 0.1) is 0 Å². The van der Waals surface area contributed by atoms with Crippen LogP contribution in [-0.2, 0) is 7.05 Å². The number of hydrogen-bond donors (Lipinski definition) is 1. The Kier molecular flexibility index (Phi) is 4.08. The van der Waals surface area contributed by atoms with Gasteiger partial charge in [-0.2, -0.15) is 5.10 Å². The molecule has 1 N–H and O–H groups in total. The number of imidazole rings is 1. The van der Waals surface area contributed by atoms with Crippen LogP contribution < -0.4 is 9.47 Å². The quantitative estimate of drug-likeness (QED) is 0.591. The fraction of sp³-hybridized carbons (Fsp3) is 0.200. The zero-order valence-electron chi connectivity index (χ0n) is 15.0. The standard InChI is InChI=1S/C20H20N4O2/c1-4-26-14-10-11-15-16(12-14)22-20(21-15)18-19(25-3)17(23-24(18)2)13-8-6-5-7-9-13/h5-12H,4H2,1-3H3,(H,21,22). The van der Waals surface area contributed by atoms with Crippen molar-refractivity contribution in [1.29, 1.82) is 0 Å². The van der Waals surface area contributed by atoms with Gasteiger partial charge >= 0.3 is 0 Å². The van der Waals surface area contributed by atoms with Crippen LogP contribution in [0.1, 0.15) is 6.92 Å². The van der Waals surface area contributed by atoms with Crippen molar-refractivity contribution in [3.8, 4) is 34.3 Å². The Bertz CT molecular complexity index is 1050. The van der Waals surface area contributed by atoms with Crippen molar-refractivity contribution in [2.24, 2.45) is 7.05 Å². The van der Waals surface area contributed by atoms with Crippen molar-refractivity contribution in [1.82, 2.24) is 19.7 Å². The van der Waals surface area contributed by atoms with E-state index in [0.717, 1.165) is 33.7 Å². The summed E-state index contributed by atoms with van der Waals surface area (Å²) >= 11 is 0. The Morgan fingerprint density at radius 2 is 1.92 bits per heavy atom. The molecule has 2 aromatic carbocycles. The van der Waals surface area contributed by atoms with Crippen molar-refractivity contribution in [2.45, 2.75) is 6.92 Å². The number of benzene rings is 2. The van der Waals surface area contributed by atoms with E-state index in [1.54, 1.807) is 11.8 Å². The molecule has 0 aliphatic carbocycles. The van der Waals surface area contributed by atoms with Crippen molar-refractivity contribution in [2.75, 3.05) is 13.7 Å². The number of aromatic nitrogens is 4. The van der Waals surface area contributed by atoms with E-state index >= 15 is 0 Å². The first kappa shape index (κ1) is 16.2. The first-order valence-corrected chi connectivity index (χ1v) is 8.50. The highest BCUT2D eigenvalue weighted by Crippen LogP contribution is 2.38. The molecule has 0 spiro atoms. The molecule has 0 amide bonds. The van der Waals surface area contributed by atoms with Crippen molar-refractivity contribution in [3.63, 3.8) is 0 Å². The Morgan fingerprint density at radius 3 is 2.65 bits per heavy atom. The summed E-state index contributed by atoms with van der Waals surface area (Å²) < 4.78 is 13.1. The summed E-state index contributed by atoms with van der Waals surface area (Å²) in [7, 11) is 3.55. The molecule has 4 aromatic rings. The van der Waals surface area contributed by atoms with Gasteiger partial charge in [0, 0.05) is 18.7 Å². The molecule has 0 atom stereocenters. The molecule has 132 valence electrons. The Balaban J connectivity index is 1.85. The predicted octanol–water partition coefficient (Wildman–Crippen LogP) is 4.04. The lowest BCUT2D eigenvalue weighted by Crippen LogP contribution is -1.96. The maximum atomic E-state index is 5.70. The molecule has 6 nitrogen and oxygen atoms in total. The molecule has 2 heterocycles. The van der Waals surface area contributed by atoms with E-state index in [0.29, 0.717) is 18.2 Å². The third kappa shape index (κ3) is 2.69. The second kappa shape index (κ2) is 6.55. The smallest absolute Gasteiger partial charge is 0.175 e. The number of aromatic amines is 1. The molecule has 0 saturated carbocycles. The van der Waals surface area contributed by atoms with Gasteiger partial charge in [-0.25, -0.2) is 4.98 Å². The summed E-state index contributed by atoms with van der Waals surface area (Å²) in [5.41, 5.74) is 4.38. The van der Waals surface area contributed by atoms with Gasteiger partial charge in [0.1, 0.15) is 17.1 Å². The number of fused-ring (bicyclic) bond motifs is 1. The maximum absolute atomic E-state index is 5.70. The summed E-state index contributed by atoms with van der Waals surface area (Å²) in [5, 5.41) is 4.65. The predicted molar refractivity (Wildman–Crippen MR) is 101 cm³/mol. The molecule has 6 heteroatoms. The second-order valence-electron chi connectivity index (χ2n) is 5.92. The van der Waals surface area contributed by atoms with Gasteiger partial charge in [-0.15, -0.1) is 0 Å². The molecule has 0 aliphatic rings. The minimum absolute atomic E-state index is 0.627. The van der Waals surface area contributed by atoms with E-state index in [1.165, 1.54) is 0 Å². The number of methoxy groups -OCH3 is 1. The van der Waals surface area contributed by atoms with Crippen LogP contribution in [0.3, 0.4) is 0 Å². The van der Waals surface area contributed by atoms with Gasteiger partial charge in [-0.3, -0.25) is 4.68 Å². The largest absolute Gasteiger partial charge is 0.494 e. The fourth-order valence-electron chi connectivity index (χ4n) is 3.10. The van der Waals surface area contributed by atoms with Crippen LogP contribution in [0.4, 0.5) is 0 Å². The van der Waals surface area contributed by atoms with Gasteiger partial charge in [0.2, 0.25) is 0 Å². The van der Waals surface area contributed by atoms with Gasteiger partial charge in [-0.1, -0.05) is 30.3 Å². The molecular formula is C20H20N4O2. The van der Waals surface area contributed by atoms with E-state index < -0.39 is 0 Å². The van der Waals surface area contributed by atoms with Crippen molar-refractivity contribution in [3.05, 3.63) is 48.5 Å². The third-order valence-electron chi connectivity index (χ3n) is 4.24. The first-order chi connectivity index (χ1) is 12.7. The minimum Gasteiger partial charge on any atom is -0.494 e. The molecule has 0 bridgehead atoms. The first-order valence-electron chi connectivity index (χ1n) is 8.50. The summed E-state index contributed by atoms with van der Waals surface area (Å²) in [4.78, 5) is 8.07. The SMILES string of the molecule is CCOc1ccc2nc(-c3c(OC)c(-c4ccccc4)nn3C)[nH]c2c1. The highest BCUT2D eigenvalue weighted by molar-refractivity contribution is 5.83. The molecular weight excluding hydrogens is 328 g/mol. The van der Waals surface area contributed by atoms with E-state index in [2.05, 4.69) is 10.1 Å². The normalized spacial score (nSPS) is 11.0. The summed E-state index contributed by atoms with van der Waals surface area (Å²) in [5.74, 6) is 2.22. The lowest BCUT2D eigenvalue weighted by Gasteiger charge is -2.03. The van der Waals surface area contributed by atoms with E-state index in [-0.39, 0.29) is 0 Å². The van der Waals surface area contributed by atoms with Crippen molar-refractivity contribution < 1.29 is 9.47 Å². The molecule has 0 radical (unpaired) electrons.